The summed E-state index contributed by atoms with van der Waals surface area (Å²) >= 11 is 10.8. The lowest BCUT2D eigenvalue weighted by Crippen LogP contribution is -2.05. The Bertz CT molecular complexity index is 435. The molecule has 18 heavy (non-hydrogen) atoms. The Hall–Kier alpha value is -0.390. The summed E-state index contributed by atoms with van der Waals surface area (Å²) < 4.78 is 36.8. The lowest BCUT2D eigenvalue weighted by atomic mass is 10.1. The van der Waals surface area contributed by atoms with E-state index in [-0.39, 0.29) is 40.6 Å². The monoisotopic (exact) mass is 316 g/mol. The molecule has 0 N–H and O–H groups in total. The maximum absolute atomic E-state index is 12.3. The highest BCUT2D eigenvalue weighted by Gasteiger charge is 2.30. The Morgan fingerprint density at radius 1 is 1.28 bits per heavy atom. The van der Waals surface area contributed by atoms with Crippen molar-refractivity contribution in [2.45, 2.75) is 22.7 Å². The molecule has 1 rings (SSSR count). The fourth-order valence-corrected chi connectivity index (χ4v) is 2.39. The summed E-state index contributed by atoms with van der Waals surface area (Å²) in [5, 5.41) is 0. The Labute approximate surface area is 117 Å². The van der Waals surface area contributed by atoms with E-state index in [1.165, 1.54) is 18.2 Å². The van der Waals surface area contributed by atoms with Crippen LogP contribution in [0.2, 0.25) is 0 Å². The van der Waals surface area contributed by atoms with Crippen LogP contribution in [0, 0.1) is 0 Å². The molecule has 0 aromatic heterocycles. The third-order valence-electron chi connectivity index (χ3n) is 2.04. The molecule has 100 valence electrons. The van der Waals surface area contributed by atoms with Gasteiger partial charge in [0.05, 0.1) is 5.88 Å². The van der Waals surface area contributed by atoms with Crippen molar-refractivity contribution in [2.75, 3.05) is 5.88 Å². The predicted molar refractivity (Wildman–Crippen MR) is 67.3 cm³/mol. The van der Waals surface area contributed by atoms with Crippen molar-refractivity contribution in [3.05, 3.63) is 29.3 Å². The molecule has 0 radical (unpaired) electrons. The lowest BCUT2D eigenvalue weighted by Gasteiger charge is -2.11. The van der Waals surface area contributed by atoms with Crippen molar-refractivity contribution in [1.82, 2.24) is 0 Å². The molecule has 7 heteroatoms. The van der Waals surface area contributed by atoms with Gasteiger partial charge in [0, 0.05) is 17.2 Å². The summed E-state index contributed by atoms with van der Waals surface area (Å²) in [5.74, 6) is -0.343. The number of rotatable bonds is 5. The van der Waals surface area contributed by atoms with E-state index < -0.39 is 5.51 Å². The van der Waals surface area contributed by atoms with Crippen molar-refractivity contribution in [1.29, 1.82) is 0 Å². The van der Waals surface area contributed by atoms with Crippen LogP contribution in [0.15, 0.2) is 23.1 Å². The molecular formula is C11H9Cl2F3OS. The molecule has 0 amide bonds. The molecule has 0 aliphatic rings. The van der Waals surface area contributed by atoms with E-state index in [1.54, 1.807) is 0 Å². The minimum Gasteiger partial charge on any atom is -0.298 e. The molecule has 1 aromatic rings. The number of halogens is 5. The first-order valence-corrected chi connectivity index (χ1v) is 6.75. The number of thioether (sulfide) groups is 1. The van der Waals surface area contributed by atoms with Crippen LogP contribution in [-0.4, -0.2) is 17.2 Å². The number of carbonyl (C=O) groups is 1. The van der Waals surface area contributed by atoms with Gasteiger partial charge in [-0.05, 0) is 29.0 Å². The van der Waals surface area contributed by atoms with Gasteiger partial charge in [-0.25, -0.2) is 0 Å². The second-order valence-corrected chi connectivity index (χ2v) is 5.11. The maximum Gasteiger partial charge on any atom is 0.446 e. The van der Waals surface area contributed by atoms with E-state index in [1.807, 2.05) is 0 Å². The van der Waals surface area contributed by atoms with Gasteiger partial charge in [0.15, 0.2) is 5.78 Å². The zero-order chi connectivity index (χ0) is 13.8. The van der Waals surface area contributed by atoms with Crippen molar-refractivity contribution < 1.29 is 18.0 Å². The quantitative estimate of drug-likeness (QED) is 0.592. The van der Waals surface area contributed by atoms with Gasteiger partial charge in [-0.15, -0.1) is 23.2 Å². The number of ketones is 1. The van der Waals surface area contributed by atoms with E-state index in [9.17, 15) is 18.0 Å². The first-order valence-electron chi connectivity index (χ1n) is 4.87. The van der Waals surface area contributed by atoms with Crippen molar-refractivity contribution in [3.8, 4) is 0 Å². The molecule has 0 heterocycles. The van der Waals surface area contributed by atoms with Gasteiger partial charge in [-0.1, -0.05) is 12.1 Å². The highest BCUT2D eigenvalue weighted by molar-refractivity contribution is 8.00. The van der Waals surface area contributed by atoms with Gasteiger partial charge in [-0.3, -0.25) is 4.79 Å². The molecule has 0 unspecified atom stereocenters. The van der Waals surface area contributed by atoms with Crippen LogP contribution in [0.3, 0.4) is 0 Å². The highest BCUT2D eigenvalue weighted by Crippen LogP contribution is 2.39. The fourth-order valence-electron chi connectivity index (χ4n) is 1.35. The van der Waals surface area contributed by atoms with E-state index >= 15 is 0 Å². The van der Waals surface area contributed by atoms with Crippen LogP contribution >= 0.6 is 35.0 Å². The van der Waals surface area contributed by atoms with Gasteiger partial charge < -0.3 is 0 Å². The van der Waals surface area contributed by atoms with Crippen molar-refractivity contribution in [3.63, 3.8) is 0 Å². The smallest absolute Gasteiger partial charge is 0.298 e. The maximum atomic E-state index is 12.3. The highest BCUT2D eigenvalue weighted by atomic mass is 35.5. The van der Waals surface area contributed by atoms with Crippen molar-refractivity contribution in [2.24, 2.45) is 0 Å². The molecule has 0 saturated carbocycles. The summed E-state index contributed by atoms with van der Waals surface area (Å²) in [7, 11) is 0. The first-order chi connectivity index (χ1) is 8.35. The minimum absolute atomic E-state index is 0.0404. The summed E-state index contributed by atoms with van der Waals surface area (Å²) in [5.41, 5.74) is -3.38. The molecule has 0 aliphatic heterocycles. The first kappa shape index (κ1) is 15.7. The lowest BCUT2D eigenvalue weighted by molar-refractivity contribution is -0.116. The molecule has 0 bridgehead atoms. The fraction of sp³-hybridized carbons (Fsp3) is 0.364. The van der Waals surface area contributed by atoms with Crippen LogP contribution in [-0.2, 0) is 17.1 Å². The Kier molecular flexibility index (Phi) is 5.82. The average Bonchev–Trinajstić information content (AvgIpc) is 2.29. The number of benzene rings is 1. The molecular weight excluding hydrogens is 308 g/mol. The zero-order valence-corrected chi connectivity index (χ0v) is 11.4. The molecule has 1 aromatic carbocycles. The molecule has 0 fully saturated rings. The predicted octanol–water partition coefficient (Wildman–Crippen LogP) is 4.39. The van der Waals surface area contributed by atoms with E-state index in [4.69, 9.17) is 23.2 Å². The zero-order valence-electron chi connectivity index (χ0n) is 9.06. The number of Topliss-reactive ketones (excluding diaryl/α,β-unsaturated/α-hetero) is 1. The molecule has 0 saturated heterocycles. The minimum atomic E-state index is -4.35. The molecule has 0 spiro atoms. The van der Waals surface area contributed by atoms with Crippen LogP contribution in [0.1, 0.15) is 11.1 Å². The Morgan fingerprint density at radius 3 is 2.44 bits per heavy atom. The van der Waals surface area contributed by atoms with Crippen LogP contribution in [0.4, 0.5) is 13.2 Å². The summed E-state index contributed by atoms with van der Waals surface area (Å²) in [4.78, 5) is 11.2. The molecule has 0 aliphatic carbocycles. The van der Waals surface area contributed by atoms with E-state index in [2.05, 4.69) is 0 Å². The summed E-state index contributed by atoms with van der Waals surface area (Å²) in [6.45, 7) is 0. The number of carbonyl (C=O) groups excluding carboxylic acids is 1. The third kappa shape index (κ3) is 5.08. The van der Waals surface area contributed by atoms with Crippen LogP contribution < -0.4 is 0 Å². The average molecular weight is 317 g/mol. The number of hydrogen-bond donors (Lipinski definition) is 0. The van der Waals surface area contributed by atoms with Crippen molar-refractivity contribution >= 4 is 40.7 Å². The molecule has 1 nitrogen and oxygen atoms in total. The summed E-state index contributed by atoms with van der Waals surface area (Å²) in [6.07, 6.45) is 0.102. The van der Waals surface area contributed by atoms with Crippen LogP contribution in [0.25, 0.3) is 0 Å². The second kappa shape index (κ2) is 6.68. The van der Waals surface area contributed by atoms with E-state index in [0.717, 1.165) is 0 Å². The standard InChI is InChI=1S/C11H9Cl2F3OS/c12-5-8-3-7(4-9(17)6-13)1-2-10(8)18-11(14,15)16/h1-3H,4-6H2. The molecule has 0 atom stereocenters. The van der Waals surface area contributed by atoms with Gasteiger partial charge >= 0.3 is 5.51 Å². The number of hydrogen-bond acceptors (Lipinski definition) is 2. The van der Waals surface area contributed by atoms with Gasteiger partial charge in [-0.2, -0.15) is 13.2 Å². The SMILES string of the molecule is O=C(CCl)Cc1ccc(SC(F)(F)F)c(CCl)c1. The van der Waals surface area contributed by atoms with E-state index in [0.29, 0.717) is 11.1 Å². The largest absolute Gasteiger partial charge is 0.446 e. The van der Waals surface area contributed by atoms with Gasteiger partial charge in [0.2, 0.25) is 0 Å². The summed E-state index contributed by atoms with van der Waals surface area (Å²) in [6, 6.07) is 4.31. The van der Waals surface area contributed by atoms with Gasteiger partial charge in [0.25, 0.3) is 0 Å². The Balaban J connectivity index is 2.93. The third-order valence-corrected chi connectivity index (χ3v) is 3.48. The normalized spacial score (nSPS) is 11.6. The Morgan fingerprint density at radius 2 is 1.94 bits per heavy atom. The van der Waals surface area contributed by atoms with Gasteiger partial charge in [0.1, 0.15) is 0 Å². The topological polar surface area (TPSA) is 17.1 Å². The van der Waals surface area contributed by atoms with Crippen LogP contribution in [0.5, 0.6) is 0 Å². The second-order valence-electron chi connectivity index (χ2n) is 3.47. The number of alkyl halides is 5.